The maximum atomic E-state index is 10.9. The third-order valence-electron chi connectivity index (χ3n) is 2.98. The maximum Gasteiger partial charge on any atom is 0.272 e. The summed E-state index contributed by atoms with van der Waals surface area (Å²) in [6.45, 7) is 2.81. The predicted octanol–water partition coefficient (Wildman–Crippen LogP) is 2.91. The Kier molecular flexibility index (Phi) is 4.08. The van der Waals surface area contributed by atoms with Crippen LogP contribution in [0.5, 0.6) is 0 Å². The molecule has 2 rings (SSSR count). The van der Waals surface area contributed by atoms with Crippen LogP contribution >= 0.6 is 11.8 Å². The summed E-state index contributed by atoms with van der Waals surface area (Å²) in [7, 11) is 1.76. The number of hydrogen-bond donors (Lipinski definition) is 1. The number of benzene rings is 1. The lowest BCUT2D eigenvalue weighted by atomic mass is 10.2. The monoisotopic (exact) mass is 268 g/mol. The highest BCUT2D eigenvalue weighted by atomic mass is 32.2. The van der Waals surface area contributed by atoms with Gasteiger partial charge in [0.2, 0.25) is 0 Å². The van der Waals surface area contributed by atoms with Crippen molar-refractivity contribution in [1.29, 1.82) is 0 Å². The second kappa shape index (κ2) is 5.58. The quantitative estimate of drug-likeness (QED) is 0.672. The Hall–Kier alpha value is -1.27. The zero-order chi connectivity index (χ0) is 13.1. The van der Waals surface area contributed by atoms with Crippen molar-refractivity contribution >= 4 is 23.1 Å². The minimum Gasteiger partial charge on any atom is -0.388 e. The molecule has 2 unspecified atom stereocenters. The number of ether oxygens (including phenoxy) is 1. The summed E-state index contributed by atoms with van der Waals surface area (Å²) in [5, 5.41) is 14.2. The molecule has 1 aromatic rings. The van der Waals surface area contributed by atoms with Gasteiger partial charge in [0, 0.05) is 41.6 Å². The number of nitro groups is 1. The Bertz CT molecular complexity index is 453. The molecule has 1 aromatic carbocycles. The normalized spacial score (nSPS) is 23.0. The molecule has 1 aliphatic heterocycles. The van der Waals surface area contributed by atoms with Crippen molar-refractivity contribution in [2.45, 2.75) is 29.6 Å². The van der Waals surface area contributed by atoms with Crippen LogP contribution in [-0.4, -0.2) is 29.9 Å². The summed E-state index contributed by atoms with van der Waals surface area (Å²) in [4.78, 5) is 11.4. The Morgan fingerprint density at radius 3 is 2.83 bits per heavy atom. The average molecular weight is 268 g/mol. The fraction of sp³-hybridized carbons (Fsp3) is 0.500. The average Bonchev–Trinajstić information content (AvgIpc) is 2.74. The van der Waals surface area contributed by atoms with E-state index in [2.05, 4.69) is 5.32 Å². The van der Waals surface area contributed by atoms with E-state index in [0.717, 1.165) is 23.6 Å². The molecule has 18 heavy (non-hydrogen) atoms. The number of non-ortho nitro benzene ring substituents is 1. The molecule has 0 spiro atoms. The van der Waals surface area contributed by atoms with E-state index in [9.17, 15) is 10.1 Å². The lowest BCUT2D eigenvalue weighted by molar-refractivity contribution is -0.385. The number of anilines is 1. The highest BCUT2D eigenvalue weighted by Crippen LogP contribution is 2.35. The van der Waals surface area contributed by atoms with E-state index in [4.69, 9.17) is 4.74 Å². The molecule has 0 radical (unpaired) electrons. The Morgan fingerprint density at radius 2 is 2.28 bits per heavy atom. The lowest BCUT2D eigenvalue weighted by Gasteiger charge is -2.14. The summed E-state index contributed by atoms with van der Waals surface area (Å²) in [6.07, 6.45) is 1.19. The van der Waals surface area contributed by atoms with Crippen LogP contribution in [0.15, 0.2) is 23.1 Å². The molecular weight excluding hydrogens is 252 g/mol. The molecule has 2 atom stereocenters. The SMILES string of the molecule is CNc1cc(SC2CCOC2C)cc([N+](=O)[O-])c1. The number of hydrogen-bond acceptors (Lipinski definition) is 5. The Labute approximate surface area is 110 Å². The van der Waals surface area contributed by atoms with Crippen molar-refractivity contribution in [2.24, 2.45) is 0 Å². The van der Waals surface area contributed by atoms with Crippen molar-refractivity contribution in [1.82, 2.24) is 0 Å². The number of nitrogens with zero attached hydrogens (tertiary/aromatic N) is 1. The zero-order valence-corrected chi connectivity index (χ0v) is 11.2. The molecule has 6 heteroatoms. The van der Waals surface area contributed by atoms with E-state index in [0.29, 0.717) is 5.25 Å². The summed E-state index contributed by atoms with van der Waals surface area (Å²) in [5.41, 5.74) is 0.884. The van der Waals surface area contributed by atoms with Gasteiger partial charge >= 0.3 is 0 Å². The van der Waals surface area contributed by atoms with Crippen LogP contribution in [0.3, 0.4) is 0 Å². The third-order valence-corrected chi connectivity index (χ3v) is 4.41. The summed E-state index contributed by atoms with van der Waals surface area (Å²) >= 11 is 1.65. The summed E-state index contributed by atoms with van der Waals surface area (Å²) in [6, 6.07) is 5.10. The lowest BCUT2D eigenvalue weighted by Crippen LogP contribution is -2.13. The smallest absolute Gasteiger partial charge is 0.272 e. The van der Waals surface area contributed by atoms with Crippen molar-refractivity contribution in [3.8, 4) is 0 Å². The van der Waals surface area contributed by atoms with Crippen LogP contribution in [-0.2, 0) is 4.74 Å². The van der Waals surface area contributed by atoms with Gasteiger partial charge in [0.1, 0.15) is 0 Å². The van der Waals surface area contributed by atoms with Crippen molar-refractivity contribution in [3.05, 3.63) is 28.3 Å². The van der Waals surface area contributed by atoms with Crippen molar-refractivity contribution < 1.29 is 9.66 Å². The number of nitrogens with one attached hydrogen (secondary N) is 1. The molecule has 1 N–H and O–H groups in total. The van der Waals surface area contributed by atoms with Gasteiger partial charge in [-0.1, -0.05) is 0 Å². The maximum absolute atomic E-state index is 10.9. The number of nitro benzene ring substituents is 1. The largest absolute Gasteiger partial charge is 0.388 e. The third kappa shape index (κ3) is 2.94. The van der Waals surface area contributed by atoms with E-state index >= 15 is 0 Å². The van der Waals surface area contributed by atoms with Gasteiger partial charge in [-0.2, -0.15) is 0 Å². The predicted molar refractivity (Wildman–Crippen MR) is 72.3 cm³/mol. The van der Waals surface area contributed by atoms with E-state index in [1.807, 2.05) is 13.0 Å². The second-order valence-corrected chi connectivity index (χ2v) is 5.56. The molecule has 0 aromatic heterocycles. The van der Waals surface area contributed by atoms with E-state index < -0.39 is 0 Å². The fourth-order valence-electron chi connectivity index (χ4n) is 1.94. The first-order valence-corrected chi connectivity index (χ1v) is 6.73. The van der Waals surface area contributed by atoms with Crippen LogP contribution in [0.1, 0.15) is 13.3 Å². The number of thioether (sulfide) groups is 1. The topological polar surface area (TPSA) is 64.4 Å². The van der Waals surface area contributed by atoms with Gasteiger partial charge in [-0.15, -0.1) is 11.8 Å². The first-order chi connectivity index (χ1) is 8.60. The summed E-state index contributed by atoms with van der Waals surface area (Å²) < 4.78 is 5.50. The molecular formula is C12H16N2O3S. The van der Waals surface area contributed by atoms with Crippen LogP contribution in [0.4, 0.5) is 11.4 Å². The number of rotatable bonds is 4. The highest BCUT2D eigenvalue weighted by Gasteiger charge is 2.25. The van der Waals surface area contributed by atoms with Crippen LogP contribution < -0.4 is 5.32 Å². The molecule has 0 bridgehead atoms. The molecule has 1 heterocycles. The van der Waals surface area contributed by atoms with Gasteiger partial charge in [-0.05, 0) is 19.4 Å². The second-order valence-electron chi connectivity index (χ2n) is 4.24. The molecule has 1 fully saturated rings. The van der Waals surface area contributed by atoms with E-state index in [1.54, 1.807) is 30.9 Å². The Morgan fingerprint density at radius 1 is 1.50 bits per heavy atom. The highest BCUT2D eigenvalue weighted by molar-refractivity contribution is 8.00. The molecule has 0 amide bonds. The van der Waals surface area contributed by atoms with Crippen LogP contribution in [0.2, 0.25) is 0 Å². The van der Waals surface area contributed by atoms with Gasteiger partial charge < -0.3 is 10.1 Å². The first-order valence-electron chi connectivity index (χ1n) is 5.85. The van der Waals surface area contributed by atoms with Crippen LogP contribution in [0.25, 0.3) is 0 Å². The van der Waals surface area contributed by atoms with Gasteiger partial charge in [0.05, 0.1) is 11.0 Å². The van der Waals surface area contributed by atoms with E-state index in [1.165, 1.54) is 0 Å². The standard InChI is InChI=1S/C12H16N2O3S/c1-8-12(3-4-17-8)18-11-6-9(13-2)5-10(7-11)14(15)16/h5-8,12-13H,3-4H2,1-2H3. The van der Waals surface area contributed by atoms with Crippen molar-refractivity contribution in [2.75, 3.05) is 19.0 Å². The van der Waals surface area contributed by atoms with Gasteiger partial charge in [-0.25, -0.2) is 0 Å². The fourth-order valence-corrected chi connectivity index (χ4v) is 3.16. The minimum absolute atomic E-state index is 0.121. The van der Waals surface area contributed by atoms with E-state index in [-0.39, 0.29) is 16.7 Å². The van der Waals surface area contributed by atoms with Gasteiger partial charge in [0.25, 0.3) is 5.69 Å². The molecule has 1 aliphatic rings. The minimum atomic E-state index is -0.362. The summed E-state index contributed by atoms with van der Waals surface area (Å²) in [5.74, 6) is 0. The van der Waals surface area contributed by atoms with Crippen LogP contribution in [0, 0.1) is 10.1 Å². The Balaban J connectivity index is 2.21. The molecule has 0 aliphatic carbocycles. The molecule has 1 saturated heterocycles. The van der Waals surface area contributed by atoms with Gasteiger partial charge in [-0.3, -0.25) is 10.1 Å². The van der Waals surface area contributed by atoms with Gasteiger partial charge in [0.15, 0.2) is 0 Å². The molecule has 5 nitrogen and oxygen atoms in total. The molecule has 98 valence electrons. The first kappa shape index (κ1) is 13.2. The molecule has 0 saturated carbocycles. The zero-order valence-electron chi connectivity index (χ0n) is 10.4. The van der Waals surface area contributed by atoms with Crippen molar-refractivity contribution in [3.63, 3.8) is 0 Å².